The van der Waals surface area contributed by atoms with Gasteiger partial charge in [0.25, 0.3) is 0 Å². The van der Waals surface area contributed by atoms with E-state index in [2.05, 4.69) is 4.90 Å². The van der Waals surface area contributed by atoms with Crippen molar-refractivity contribution in [3.05, 3.63) is 0 Å². The standard InChI is InChI=1S/C15H28N2O3/c1-19-12-13-9-14(20-2)10-17(13)11-15(18)16-7-5-3-4-6-8-16/h13-14H,3-12H2,1-2H3/t13-,14+/m0/s1. The molecule has 0 aromatic heterocycles. The smallest absolute Gasteiger partial charge is 0.236 e. The third kappa shape index (κ3) is 4.17. The summed E-state index contributed by atoms with van der Waals surface area (Å²) in [5, 5.41) is 0. The van der Waals surface area contributed by atoms with Crippen molar-refractivity contribution >= 4 is 5.91 Å². The van der Waals surface area contributed by atoms with E-state index >= 15 is 0 Å². The van der Waals surface area contributed by atoms with E-state index in [1.54, 1.807) is 14.2 Å². The molecule has 2 fully saturated rings. The Morgan fingerprint density at radius 2 is 1.85 bits per heavy atom. The Bertz CT molecular complexity index is 303. The van der Waals surface area contributed by atoms with Crippen LogP contribution in [0, 0.1) is 0 Å². The lowest BCUT2D eigenvalue weighted by molar-refractivity contribution is -0.132. The van der Waals surface area contributed by atoms with Crippen LogP contribution in [0.25, 0.3) is 0 Å². The predicted molar refractivity (Wildman–Crippen MR) is 77.7 cm³/mol. The summed E-state index contributed by atoms with van der Waals surface area (Å²) < 4.78 is 10.7. The zero-order valence-corrected chi connectivity index (χ0v) is 12.8. The lowest BCUT2D eigenvalue weighted by Gasteiger charge is -2.27. The van der Waals surface area contributed by atoms with Gasteiger partial charge in [-0.2, -0.15) is 0 Å². The molecular weight excluding hydrogens is 256 g/mol. The van der Waals surface area contributed by atoms with Crippen LogP contribution in [0.1, 0.15) is 32.1 Å². The van der Waals surface area contributed by atoms with Gasteiger partial charge < -0.3 is 14.4 Å². The average molecular weight is 284 g/mol. The number of nitrogens with zero attached hydrogens (tertiary/aromatic N) is 2. The minimum atomic E-state index is 0.229. The first-order valence-electron chi connectivity index (χ1n) is 7.78. The molecule has 2 aliphatic rings. The SMILES string of the molecule is COC[C@@H]1C[C@@H](OC)CN1CC(=O)N1CCCCCC1. The molecule has 0 radical (unpaired) electrons. The van der Waals surface area contributed by atoms with Gasteiger partial charge in [0.05, 0.1) is 19.3 Å². The molecule has 0 aromatic rings. The van der Waals surface area contributed by atoms with Gasteiger partial charge in [-0.1, -0.05) is 12.8 Å². The van der Waals surface area contributed by atoms with Gasteiger partial charge in [0, 0.05) is 39.9 Å². The first kappa shape index (κ1) is 15.7. The summed E-state index contributed by atoms with van der Waals surface area (Å²) in [4.78, 5) is 16.7. The number of likely N-dealkylation sites (tertiary alicyclic amines) is 2. The van der Waals surface area contributed by atoms with Crippen LogP contribution in [0.3, 0.4) is 0 Å². The normalized spacial score (nSPS) is 28.6. The molecule has 116 valence electrons. The maximum absolute atomic E-state index is 12.5. The molecule has 2 aliphatic heterocycles. The first-order valence-corrected chi connectivity index (χ1v) is 7.78. The van der Waals surface area contributed by atoms with Crippen LogP contribution in [-0.4, -0.2) is 74.9 Å². The molecule has 0 N–H and O–H groups in total. The van der Waals surface area contributed by atoms with E-state index in [-0.39, 0.29) is 12.0 Å². The van der Waals surface area contributed by atoms with E-state index in [0.29, 0.717) is 19.2 Å². The van der Waals surface area contributed by atoms with Crippen LogP contribution < -0.4 is 0 Å². The molecule has 5 heteroatoms. The Morgan fingerprint density at radius 3 is 2.45 bits per heavy atom. The molecule has 2 saturated heterocycles. The van der Waals surface area contributed by atoms with E-state index in [4.69, 9.17) is 9.47 Å². The van der Waals surface area contributed by atoms with Crippen molar-refractivity contribution in [1.29, 1.82) is 0 Å². The fourth-order valence-corrected chi connectivity index (χ4v) is 3.26. The minimum Gasteiger partial charge on any atom is -0.383 e. The molecule has 0 saturated carbocycles. The summed E-state index contributed by atoms with van der Waals surface area (Å²) in [6, 6.07) is 0.306. The predicted octanol–water partition coefficient (Wildman–Crippen LogP) is 1.12. The van der Waals surface area contributed by atoms with Gasteiger partial charge in [0.2, 0.25) is 5.91 Å². The van der Waals surface area contributed by atoms with E-state index in [1.165, 1.54) is 12.8 Å². The first-order chi connectivity index (χ1) is 9.74. The maximum atomic E-state index is 12.5. The number of hydrogen-bond acceptors (Lipinski definition) is 4. The molecule has 0 bridgehead atoms. The molecule has 1 amide bonds. The fraction of sp³-hybridized carbons (Fsp3) is 0.933. The number of rotatable bonds is 5. The fourth-order valence-electron chi connectivity index (χ4n) is 3.26. The van der Waals surface area contributed by atoms with Crippen molar-refractivity contribution in [1.82, 2.24) is 9.80 Å². The molecule has 0 aliphatic carbocycles. The summed E-state index contributed by atoms with van der Waals surface area (Å²) in [6.07, 6.45) is 5.99. The molecule has 2 atom stereocenters. The van der Waals surface area contributed by atoms with Gasteiger partial charge in [0.15, 0.2) is 0 Å². The Balaban J connectivity index is 1.87. The van der Waals surface area contributed by atoms with Crippen LogP contribution in [0.5, 0.6) is 0 Å². The number of hydrogen-bond donors (Lipinski definition) is 0. The molecule has 2 rings (SSSR count). The lowest BCUT2D eigenvalue weighted by Crippen LogP contribution is -2.44. The molecule has 0 spiro atoms. The molecular formula is C15H28N2O3. The number of carbonyl (C=O) groups is 1. The van der Waals surface area contributed by atoms with Crippen molar-refractivity contribution in [3.8, 4) is 0 Å². The van der Waals surface area contributed by atoms with E-state index in [1.807, 2.05) is 4.90 Å². The van der Waals surface area contributed by atoms with Crippen LogP contribution in [0.15, 0.2) is 0 Å². The second-order valence-corrected chi connectivity index (χ2v) is 5.93. The molecule has 0 aromatic carbocycles. The largest absolute Gasteiger partial charge is 0.383 e. The number of methoxy groups -OCH3 is 2. The summed E-state index contributed by atoms with van der Waals surface area (Å²) in [5.41, 5.74) is 0. The second kappa shape index (κ2) is 7.96. The summed E-state index contributed by atoms with van der Waals surface area (Å²) in [7, 11) is 3.46. The van der Waals surface area contributed by atoms with Crippen molar-refractivity contribution in [2.45, 2.75) is 44.2 Å². The van der Waals surface area contributed by atoms with Gasteiger partial charge in [-0.05, 0) is 19.3 Å². The molecule has 5 nitrogen and oxygen atoms in total. The van der Waals surface area contributed by atoms with Gasteiger partial charge in [0.1, 0.15) is 0 Å². The Hall–Kier alpha value is -0.650. The highest BCUT2D eigenvalue weighted by Crippen LogP contribution is 2.20. The zero-order valence-electron chi connectivity index (χ0n) is 12.8. The zero-order chi connectivity index (χ0) is 14.4. The van der Waals surface area contributed by atoms with Gasteiger partial charge >= 0.3 is 0 Å². The van der Waals surface area contributed by atoms with Crippen molar-refractivity contribution in [2.75, 3.05) is 47.0 Å². The number of ether oxygens (including phenoxy) is 2. The minimum absolute atomic E-state index is 0.229. The summed E-state index contributed by atoms with van der Waals surface area (Å²) in [6.45, 7) is 3.87. The number of amides is 1. The summed E-state index contributed by atoms with van der Waals surface area (Å²) in [5.74, 6) is 0.268. The van der Waals surface area contributed by atoms with E-state index < -0.39 is 0 Å². The van der Waals surface area contributed by atoms with Gasteiger partial charge in [-0.15, -0.1) is 0 Å². The van der Waals surface area contributed by atoms with Crippen LogP contribution in [0.2, 0.25) is 0 Å². The van der Waals surface area contributed by atoms with Gasteiger partial charge in [-0.25, -0.2) is 0 Å². The second-order valence-electron chi connectivity index (χ2n) is 5.93. The van der Waals surface area contributed by atoms with E-state index in [0.717, 1.165) is 38.9 Å². The third-order valence-corrected chi connectivity index (χ3v) is 4.48. The Kier molecular flexibility index (Phi) is 6.26. The molecule has 2 heterocycles. The number of carbonyl (C=O) groups excluding carboxylic acids is 1. The highest BCUT2D eigenvalue weighted by Gasteiger charge is 2.34. The van der Waals surface area contributed by atoms with Crippen LogP contribution >= 0.6 is 0 Å². The van der Waals surface area contributed by atoms with Gasteiger partial charge in [-0.3, -0.25) is 9.69 Å². The Labute approximate surface area is 122 Å². The van der Waals surface area contributed by atoms with Crippen molar-refractivity contribution in [2.24, 2.45) is 0 Å². The van der Waals surface area contributed by atoms with E-state index in [9.17, 15) is 4.79 Å². The third-order valence-electron chi connectivity index (χ3n) is 4.48. The van der Waals surface area contributed by atoms with Crippen molar-refractivity contribution in [3.63, 3.8) is 0 Å². The Morgan fingerprint density at radius 1 is 1.15 bits per heavy atom. The average Bonchev–Trinajstić information content (AvgIpc) is 2.67. The quantitative estimate of drug-likeness (QED) is 0.759. The van der Waals surface area contributed by atoms with Crippen LogP contribution in [0.4, 0.5) is 0 Å². The lowest BCUT2D eigenvalue weighted by atomic mass is 10.2. The monoisotopic (exact) mass is 284 g/mol. The molecule has 20 heavy (non-hydrogen) atoms. The highest BCUT2D eigenvalue weighted by molar-refractivity contribution is 5.78. The highest BCUT2D eigenvalue weighted by atomic mass is 16.5. The topological polar surface area (TPSA) is 42.0 Å². The summed E-state index contributed by atoms with van der Waals surface area (Å²) >= 11 is 0. The maximum Gasteiger partial charge on any atom is 0.236 e. The molecule has 0 unspecified atom stereocenters. The van der Waals surface area contributed by atoms with Crippen LogP contribution in [-0.2, 0) is 14.3 Å². The van der Waals surface area contributed by atoms with Crippen molar-refractivity contribution < 1.29 is 14.3 Å².